The van der Waals surface area contributed by atoms with Gasteiger partial charge in [0.15, 0.2) is 0 Å². The molecule has 0 aromatic heterocycles. The van der Waals surface area contributed by atoms with Gasteiger partial charge in [0.05, 0.1) is 6.61 Å². The number of hydrogen-bond donors (Lipinski definition) is 2. The first-order valence-corrected chi connectivity index (χ1v) is 6.00. The van der Waals surface area contributed by atoms with Gasteiger partial charge >= 0.3 is 0 Å². The smallest absolute Gasteiger partial charge is 0.224 e. The maximum atomic E-state index is 11.2. The third-order valence-electron chi connectivity index (χ3n) is 2.81. The van der Waals surface area contributed by atoms with Crippen molar-refractivity contribution in [2.24, 2.45) is 0 Å². The van der Waals surface area contributed by atoms with Gasteiger partial charge in [0.2, 0.25) is 5.91 Å². The molecule has 1 aliphatic heterocycles. The minimum atomic E-state index is 0.0974. The predicted octanol–water partition coefficient (Wildman–Crippen LogP) is 1.56. The fraction of sp³-hybridized carbons (Fsp3) is 0.462. The molecular formula is C13H18N2O2. The van der Waals surface area contributed by atoms with Gasteiger partial charge in [0.1, 0.15) is 5.75 Å². The van der Waals surface area contributed by atoms with Crippen LogP contribution in [0.25, 0.3) is 0 Å². The Bertz CT molecular complexity index is 404. The molecule has 1 aromatic rings. The van der Waals surface area contributed by atoms with Crippen molar-refractivity contribution >= 4 is 11.6 Å². The van der Waals surface area contributed by atoms with Crippen molar-refractivity contribution in [3.05, 3.63) is 23.8 Å². The van der Waals surface area contributed by atoms with Crippen molar-refractivity contribution in [3.63, 3.8) is 0 Å². The van der Waals surface area contributed by atoms with Crippen molar-refractivity contribution in [1.29, 1.82) is 0 Å². The first kappa shape index (κ1) is 11.9. The van der Waals surface area contributed by atoms with Gasteiger partial charge in [-0.2, -0.15) is 0 Å². The number of benzene rings is 1. The van der Waals surface area contributed by atoms with Gasteiger partial charge in [0, 0.05) is 12.1 Å². The lowest BCUT2D eigenvalue weighted by Crippen LogP contribution is -2.18. The van der Waals surface area contributed by atoms with E-state index in [-0.39, 0.29) is 5.91 Å². The van der Waals surface area contributed by atoms with Gasteiger partial charge in [-0.05, 0) is 50.2 Å². The van der Waals surface area contributed by atoms with E-state index in [0.29, 0.717) is 13.0 Å². The molecule has 4 heteroatoms. The molecule has 1 aromatic carbocycles. The summed E-state index contributed by atoms with van der Waals surface area (Å²) in [5, 5.41) is 5.94. The fourth-order valence-electron chi connectivity index (χ4n) is 1.89. The molecule has 0 saturated heterocycles. The SMILES string of the molecule is CNCCCOc1ccc2c(c1)CCC(=O)N2. The molecule has 2 rings (SSSR count). The number of hydrogen-bond acceptors (Lipinski definition) is 3. The Labute approximate surface area is 101 Å². The van der Waals surface area contributed by atoms with E-state index in [1.807, 2.05) is 25.2 Å². The van der Waals surface area contributed by atoms with Gasteiger partial charge in [0.25, 0.3) is 0 Å². The summed E-state index contributed by atoms with van der Waals surface area (Å²) >= 11 is 0. The lowest BCUT2D eigenvalue weighted by molar-refractivity contribution is -0.116. The minimum Gasteiger partial charge on any atom is -0.494 e. The number of fused-ring (bicyclic) bond motifs is 1. The molecule has 17 heavy (non-hydrogen) atoms. The number of aryl methyl sites for hydroxylation is 1. The van der Waals surface area contributed by atoms with Crippen molar-refractivity contribution in [3.8, 4) is 5.75 Å². The van der Waals surface area contributed by atoms with Gasteiger partial charge in [-0.3, -0.25) is 4.79 Å². The van der Waals surface area contributed by atoms with E-state index in [0.717, 1.165) is 36.4 Å². The van der Waals surface area contributed by atoms with Crippen LogP contribution in [0.4, 0.5) is 5.69 Å². The van der Waals surface area contributed by atoms with Crippen LogP contribution < -0.4 is 15.4 Å². The summed E-state index contributed by atoms with van der Waals surface area (Å²) in [6, 6.07) is 5.84. The van der Waals surface area contributed by atoms with E-state index in [1.165, 1.54) is 0 Å². The van der Waals surface area contributed by atoms with Crippen LogP contribution in [0, 0.1) is 0 Å². The minimum absolute atomic E-state index is 0.0974. The zero-order chi connectivity index (χ0) is 12.1. The zero-order valence-electron chi connectivity index (χ0n) is 10.1. The molecule has 4 nitrogen and oxygen atoms in total. The second-order valence-corrected chi connectivity index (χ2v) is 4.17. The molecule has 0 bridgehead atoms. The summed E-state index contributed by atoms with van der Waals surface area (Å²) in [6.45, 7) is 1.67. The number of carbonyl (C=O) groups excluding carboxylic acids is 1. The highest BCUT2D eigenvalue weighted by Crippen LogP contribution is 2.26. The van der Waals surface area contributed by atoms with Gasteiger partial charge < -0.3 is 15.4 Å². The summed E-state index contributed by atoms with van der Waals surface area (Å²) in [6.07, 6.45) is 2.36. The lowest BCUT2D eigenvalue weighted by Gasteiger charge is -2.17. The summed E-state index contributed by atoms with van der Waals surface area (Å²) in [4.78, 5) is 11.2. The summed E-state index contributed by atoms with van der Waals surface area (Å²) in [7, 11) is 1.93. The van der Waals surface area contributed by atoms with Crippen molar-refractivity contribution < 1.29 is 9.53 Å². The second-order valence-electron chi connectivity index (χ2n) is 4.17. The Morgan fingerprint density at radius 3 is 3.12 bits per heavy atom. The fourth-order valence-corrected chi connectivity index (χ4v) is 1.89. The highest BCUT2D eigenvalue weighted by Gasteiger charge is 2.14. The van der Waals surface area contributed by atoms with Gasteiger partial charge in [-0.1, -0.05) is 0 Å². The molecular weight excluding hydrogens is 216 g/mol. The summed E-state index contributed by atoms with van der Waals surface area (Å²) in [5.41, 5.74) is 2.08. The Kier molecular flexibility index (Phi) is 3.98. The largest absolute Gasteiger partial charge is 0.494 e. The molecule has 1 heterocycles. The normalized spacial score (nSPS) is 14.1. The molecule has 2 N–H and O–H groups in total. The van der Waals surface area contributed by atoms with E-state index >= 15 is 0 Å². The van der Waals surface area contributed by atoms with Crippen LogP contribution in [0.3, 0.4) is 0 Å². The van der Waals surface area contributed by atoms with Crippen LogP contribution in [0.5, 0.6) is 5.75 Å². The van der Waals surface area contributed by atoms with Crippen LogP contribution >= 0.6 is 0 Å². The van der Waals surface area contributed by atoms with E-state index < -0.39 is 0 Å². The van der Waals surface area contributed by atoms with Crippen LogP contribution in [-0.4, -0.2) is 26.1 Å². The zero-order valence-corrected chi connectivity index (χ0v) is 10.1. The van der Waals surface area contributed by atoms with E-state index in [2.05, 4.69) is 10.6 Å². The topological polar surface area (TPSA) is 50.4 Å². The van der Waals surface area contributed by atoms with Crippen molar-refractivity contribution in [1.82, 2.24) is 5.32 Å². The second kappa shape index (κ2) is 5.68. The predicted molar refractivity (Wildman–Crippen MR) is 67.4 cm³/mol. The van der Waals surface area contributed by atoms with E-state index in [9.17, 15) is 4.79 Å². The molecule has 0 spiro atoms. The maximum Gasteiger partial charge on any atom is 0.224 e. The van der Waals surface area contributed by atoms with Crippen molar-refractivity contribution in [2.45, 2.75) is 19.3 Å². The number of ether oxygens (including phenoxy) is 1. The molecule has 0 atom stereocenters. The van der Waals surface area contributed by atoms with Crippen molar-refractivity contribution in [2.75, 3.05) is 25.5 Å². The number of carbonyl (C=O) groups is 1. The molecule has 92 valence electrons. The first-order chi connectivity index (χ1) is 8.29. The highest BCUT2D eigenvalue weighted by atomic mass is 16.5. The van der Waals surface area contributed by atoms with E-state index in [4.69, 9.17) is 4.74 Å². The van der Waals surface area contributed by atoms with Crippen LogP contribution in [0.2, 0.25) is 0 Å². The Morgan fingerprint density at radius 1 is 1.41 bits per heavy atom. The standard InChI is InChI=1S/C13H18N2O2/c1-14-7-2-8-17-11-4-5-12-10(9-11)3-6-13(16)15-12/h4-5,9,14H,2-3,6-8H2,1H3,(H,15,16). The van der Waals surface area contributed by atoms with Crippen LogP contribution in [-0.2, 0) is 11.2 Å². The molecule has 0 aliphatic carbocycles. The van der Waals surface area contributed by atoms with Gasteiger partial charge in [-0.15, -0.1) is 0 Å². The molecule has 1 amide bonds. The molecule has 0 radical (unpaired) electrons. The van der Waals surface area contributed by atoms with Crippen LogP contribution in [0.1, 0.15) is 18.4 Å². The summed E-state index contributed by atoms with van der Waals surface area (Å²) < 4.78 is 5.65. The summed E-state index contributed by atoms with van der Waals surface area (Å²) in [5.74, 6) is 0.983. The average Bonchev–Trinajstić information content (AvgIpc) is 2.35. The quantitative estimate of drug-likeness (QED) is 0.760. The highest BCUT2D eigenvalue weighted by molar-refractivity contribution is 5.93. The Morgan fingerprint density at radius 2 is 2.29 bits per heavy atom. The third-order valence-corrected chi connectivity index (χ3v) is 2.81. The monoisotopic (exact) mass is 234 g/mol. The lowest BCUT2D eigenvalue weighted by atomic mass is 10.0. The third kappa shape index (κ3) is 3.20. The number of rotatable bonds is 5. The maximum absolute atomic E-state index is 11.2. The molecule has 1 aliphatic rings. The molecule has 0 saturated carbocycles. The number of anilines is 1. The average molecular weight is 234 g/mol. The Hall–Kier alpha value is -1.55. The Balaban J connectivity index is 1.94. The first-order valence-electron chi connectivity index (χ1n) is 6.00. The number of nitrogens with one attached hydrogen (secondary N) is 2. The van der Waals surface area contributed by atoms with Crippen LogP contribution in [0.15, 0.2) is 18.2 Å². The van der Waals surface area contributed by atoms with E-state index in [1.54, 1.807) is 0 Å². The number of amides is 1. The van der Waals surface area contributed by atoms with Gasteiger partial charge in [-0.25, -0.2) is 0 Å². The molecule has 0 unspecified atom stereocenters. The molecule has 0 fully saturated rings.